The van der Waals surface area contributed by atoms with Crippen molar-refractivity contribution < 1.29 is 8.42 Å². The van der Waals surface area contributed by atoms with Gasteiger partial charge >= 0.3 is 0 Å². The molecule has 0 saturated heterocycles. The molecule has 3 N–H and O–H groups in total. The van der Waals surface area contributed by atoms with Crippen molar-refractivity contribution in [3.05, 3.63) is 24.5 Å². The Morgan fingerprint density at radius 1 is 1.30 bits per heavy atom. The van der Waals surface area contributed by atoms with Crippen LogP contribution in [0.3, 0.4) is 0 Å². The Kier molecular flexibility index (Phi) is 3.67. The van der Waals surface area contributed by atoms with Crippen LogP contribution in [0.1, 0.15) is 13.8 Å². The molecule has 0 radical (unpaired) electrons. The molecular weight excluding hydrogens is 278 g/mol. The van der Waals surface area contributed by atoms with Crippen molar-refractivity contribution in [3.8, 4) is 5.69 Å². The molecule has 0 saturated carbocycles. The molecule has 20 heavy (non-hydrogen) atoms. The first kappa shape index (κ1) is 14.3. The van der Waals surface area contributed by atoms with Gasteiger partial charge in [-0.2, -0.15) is 0 Å². The van der Waals surface area contributed by atoms with Crippen LogP contribution in [0.25, 0.3) is 5.69 Å². The van der Waals surface area contributed by atoms with Gasteiger partial charge in [-0.05, 0) is 26.0 Å². The zero-order valence-electron chi connectivity index (χ0n) is 11.5. The summed E-state index contributed by atoms with van der Waals surface area (Å²) in [5, 5.41) is 7.26. The Balaban J connectivity index is 2.65. The van der Waals surface area contributed by atoms with Crippen molar-refractivity contribution in [2.24, 2.45) is 0 Å². The first-order valence-electron chi connectivity index (χ1n) is 6.06. The van der Waals surface area contributed by atoms with Crippen molar-refractivity contribution in [1.29, 1.82) is 0 Å². The lowest BCUT2D eigenvalue weighted by Crippen LogP contribution is -2.13. The first-order valence-corrected chi connectivity index (χ1v) is 7.95. The van der Waals surface area contributed by atoms with Crippen LogP contribution in [0.2, 0.25) is 0 Å². The molecule has 108 valence electrons. The molecular formula is C12H17N5O2S. The standard InChI is InChI=1S/C12H17N5O2S/c1-8(2)15-12-10(20(3,18)19)11(13)17(16-12)9-4-6-14-7-5-9/h4-8H,13H2,1-3H3,(H,15,16). The lowest BCUT2D eigenvalue weighted by Gasteiger charge is -2.07. The van der Waals surface area contributed by atoms with Crippen LogP contribution in [-0.2, 0) is 9.84 Å². The number of anilines is 2. The van der Waals surface area contributed by atoms with Gasteiger partial charge in [0.15, 0.2) is 20.6 Å². The minimum absolute atomic E-state index is 0.0167. The van der Waals surface area contributed by atoms with Gasteiger partial charge in [0.1, 0.15) is 5.82 Å². The summed E-state index contributed by atoms with van der Waals surface area (Å²) in [7, 11) is -3.48. The number of nitrogens with zero attached hydrogens (tertiary/aromatic N) is 3. The molecule has 0 amide bonds. The Morgan fingerprint density at radius 2 is 1.90 bits per heavy atom. The second-order valence-corrected chi connectivity index (χ2v) is 6.70. The van der Waals surface area contributed by atoms with E-state index in [9.17, 15) is 8.42 Å². The summed E-state index contributed by atoms with van der Waals surface area (Å²) < 4.78 is 25.2. The molecule has 0 spiro atoms. The quantitative estimate of drug-likeness (QED) is 0.874. The van der Waals surface area contributed by atoms with E-state index in [2.05, 4.69) is 15.4 Å². The molecule has 2 rings (SSSR count). The fourth-order valence-electron chi connectivity index (χ4n) is 1.83. The van der Waals surface area contributed by atoms with Gasteiger partial charge in [-0.15, -0.1) is 5.10 Å². The molecule has 0 aliphatic rings. The van der Waals surface area contributed by atoms with E-state index < -0.39 is 9.84 Å². The Morgan fingerprint density at radius 3 is 2.40 bits per heavy atom. The smallest absolute Gasteiger partial charge is 0.182 e. The number of hydrogen-bond donors (Lipinski definition) is 2. The highest BCUT2D eigenvalue weighted by Crippen LogP contribution is 2.29. The zero-order valence-corrected chi connectivity index (χ0v) is 12.3. The molecule has 2 aromatic heterocycles. The van der Waals surface area contributed by atoms with Crippen LogP contribution >= 0.6 is 0 Å². The SMILES string of the molecule is CC(C)Nc1nn(-c2ccncc2)c(N)c1S(C)(=O)=O. The predicted molar refractivity (Wildman–Crippen MR) is 77.6 cm³/mol. The van der Waals surface area contributed by atoms with Gasteiger partial charge in [-0.1, -0.05) is 0 Å². The van der Waals surface area contributed by atoms with Crippen molar-refractivity contribution >= 4 is 21.5 Å². The van der Waals surface area contributed by atoms with E-state index >= 15 is 0 Å². The van der Waals surface area contributed by atoms with Gasteiger partial charge in [-0.3, -0.25) is 4.98 Å². The summed E-state index contributed by atoms with van der Waals surface area (Å²) in [5.41, 5.74) is 6.61. The van der Waals surface area contributed by atoms with Crippen molar-refractivity contribution in [1.82, 2.24) is 14.8 Å². The lowest BCUT2D eigenvalue weighted by atomic mass is 10.4. The lowest BCUT2D eigenvalue weighted by molar-refractivity contribution is 0.602. The number of nitrogens with two attached hydrogens (primary N) is 1. The van der Waals surface area contributed by atoms with E-state index in [4.69, 9.17) is 5.73 Å². The summed E-state index contributed by atoms with van der Waals surface area (Å²) >= 11 is 0. The fourth-order valence-corrected chi connectivity index (χ4v) is 2.75. The first-order chi connectivity index (χ1) is 9.30. The van der Waals surface area contributed by atoms with E-state index in [-0.39, 0.29) is 22.6 Å². The highest BCUT2D eigenvalue weighted by molar-refractivity contribution is 7.91. The van der Waals surface area contributed by atoms with Crippen LogP contribution in [-0.4, -0.2) is 35.5 Å². The van der Waals surface area contributed by atoms with Crippen LogP contribution < -0.4 is 11.1 Å². The van der Waals surface area contributed by atoms with Gasteiger partial charge in [-0.25, -0.2) is 13.1 Å². The van der Waals surface area contributed by atoms with Gasteiger partial charge in [0, 0.05) is 24.7 Å². The number of nitrogen functional groups attached to an aromatic ring is 1. The van der Waals surface area contributed by atoms with Gasteiger partial charge < -0.3 is 11.1 Å². The molecule has 0 fully saturated rings. The minimum atomic E-state index is -3.48. The molecule has 2 heterocycles. The van der Waals surface area contributed by atoms with Crippen LogP contribution in [0, 0.1) is 0 Å². The third-order valence-electron chi connectivity index (χ3n) is 2.58. The Hall–Kier alpha value is -2.09. The van der Waals surface area contributed by atoms with Crippen LogP contribution in [0.15, 0.2) is 29.4 Å². The molecule has 8 heteroatoms. The topological polar surface area (TPSA) is 103 Å². The number of hydrogen-bond acceptors (Lipinski definition) is 6. The molecule has 0 aliphatic carbocycles. The average Bonchev–Trinajstić information content (AvgIpc) is 2.66. The maximum Gasteiger partial charge on any atom is 0.182 e. The second-order valence-electron chi connectivity index (χ2n) is 4.75. The predicted octanol–water partition coefficient (Wildman–Crippen LogP) is 1.07. The molecule has 0 aromatic carbocycles. The number of sulfone groups is 1. The maximum absolute atomic E-state index is 11.9. The summed E-state index contributed by atoms with van der Waals surface area (Å²) in [6.45, 7) is 3.79. The Bertz CT molecular complexity index is 707. The molecule has 0 bridgehead atoms. The fraction of sp³-hybridized carbons (Fsp3) is 0.333. The largest absolute Gasteiger partial charge is 0.382 e. The monoisotopic (exact) mass is 295 g/mol. The summed E-state index contributed by atoms with van der Waals surface area (Å²) in [5.74, 6) is 0.346. The third kappa shape index (κ3) is 2.74. The summed E-state index contributed by atoms with van der Waals surface area (Å²) in [6, 6.07) is 3.44. The molecule has 2 aromatic rings. The van der Waals surface area contributed by atoms with Crippen LogP contribution in [0.4, 0.5) is 11.6 Å². The number of nitrogens with one attached hydrogen (secondary N) is 1. The minimum Gasteiger partial charge on any atom is -0.382 e. The molecule has 0 unspecified atom stereocenters. The summed E-state index contributed by atoms with van der Waals surface area (Å²) in [4.78, 5) is 3.93. The van der Waals surface area contributed by atoms with Crippen molar-refractivity contribution in [2.45, 2.75) is 24.8 Å². The van der Waals surface area contributed by atoms with E-state index in [0.717, 1.165) is 6.26 Å². The highest BCUT2D eigenvalue weighted by Gasteiger charge is 2.25. The van der Waals surface area contributed by atoms with Gasteiger partial charge in [0.2, 0.25) is 0 Å². The molecule has 0 aliphatic heterocycles. The Labute approximate surface area is 117 Å². The van der Waals surface area contributed by atoms with Crippen molar-refractivity contribution in [2.75, 3.05) is 17.3 Å². The van der Waals surface area contributed by atoms with E-state index in [1.807, 2.05) is 13.8 Å². The number of pyridine rings is 1. The number of aromatic nitrogens is 3. The van der Waals surface area contributed by atoms with Crippen LogP contribution in [0.5, 0.6) is 0 Å². The van der Waals surface area contributed by atoms with E-state index in [1.165, 1.54) is 4.68 Å². The van der Waals surface area contributed by atoms with Gasteiger partial charge in [0.05, 0.1) is 5.69 Å². The van der Waals surface area contributed by atoms with E-state index in [0.29, 0.717) is 5.69 Å². The molecule has 7 nitrogen and oxygen atoms in total. The second kappa shape index (κ2) is 5.12. The average molecular weight is 295 g/mol. The summed E-state index contributed by atoms with van der Waals surface area (Å²) in [6.07, 6.45) is 4.29. The van der Waals surface area contributed by atoms with Crippen molar-refractivity contribution in [3.63, 3.8) is 0 Å². The highest BCUT2D eigenvalue weighted by atomic mass is 32.2. The normalized spacial score (nSPS) is 11.8. The van der Waals surface area contributed by atoms with Gasteiger partial charge in [0.25, 0.3) is 0 Å². The third-order valence-corrected chi connectivity index (χ3v) is 3.72. The maximum atomic E-state index is 11.9. The number of rotatable bonds is 4. The molecule has 0 atom stereocenters. The van der Waals surface area contributed by atoms with E-state index in [1.54, 1.807) is 24.5 Å². The zero-order chi connectivity index (χ0) is 14.9.